The number of hydrogen-bond donors (Lipinski definition) is 1. The Kier molecular flexibility index (Phi) is 4.05. The van der Waals surface area contributed by atoms with Crippen molar-refractivity contribution in [2.45, 2.75) is 18.9 Å². The number of H-pyrrole nitrogens is 1. The summed E-state index contributed by atoms with van der Waals surface area (Å²) in [5, 5.41) is 7.50. The molecule has 7 nitrogen and oxygen atoms in total. The van der Waals surface area contributed by atoms with Gasteiger partial charge in [0.1, 0.15) is 12.1 Å². The van der Waals surface area contributed by atoms with Crippen molar-refractivity contribution < 1.29 is 9.21 Å². The van der Waals surface area contributed by atoms with Crippen LogP contribution in [0.3, 0.4) is 0 Å². The van der Waals surface area contributed by atoms with Gasteiger partial charge in [0.15, 0.2) is 5.82 Å². The summed E-state index contributed by atoms with van der Waals surface area (Å²) in [7, 11) is 0. The van der Waals surface area contributed by atoms with Gasteiger partial charge in [-0.15, -0.1) is 0 Å². The molecule has 0 bridgehead atoms. The van der Waals surface area contributed by atoms with Crippen molar-refractivity contribution >= 4 is 5.91 Å². The maximum atomic E-state index is 12.9. The Morgan fingerprint density at radius 3 is 2.82 bits per heavy atom. The number of furan rings is 1. The van der Waals surface area contributed by atoms with Gasteiger partial charge < -0.3 is 9.32 Å². The Morgan fingerprint density at radius 1 is 1.25 bits per heavy atom. The minimum absolute atomic E-state index is 0.0180. The molecule has 1 amide bonds. The van der Waals surface area contributed by atoms with Crippen molar-refractivity contribution in [2.24, 2.45) is 5.92 Å². The maximum absolute atomic E-state index is 12.9. The SMILES string of the molecule is Cc1nc([C@]23CN(Cc4ccccc4)C[C@H]2CN(C(=O)c2ccoc2)C3)n[nH]1. The fraction of sp³-hybridized carbons (Fsp3) is 0.381. The molecule has 2 aliphatic heterocycles. The standard InChI is InChI=1S/C21H23N5O2/c1-15-22-20(24-23-15)21-13-25(9-16-5-3-2-4-6-16)10-18(21)11-26(14-21)19(27)17-7-8-28-12-17/h2-8,12,18H,9-11,13-14H2,1H3,(H,22,23,24)/t18-,21-/m0/s1. The second-order valence-corrected chi connectivity index (χ2v) is 7.95. The van der Waals surface area contributed by atoms with Gasteiger partial charge in [0.2, 0.25) is 0 Å². The number of benzene rings is 1. The Balaban J connectivity index is 1.42. The lowest BCUT2D eigenvalue weighted by atomic mass is 9.80. The van der Waals surface area contributed by atoms with E-state index < -0.39 is 0 Å². The zero-order chi connectivity index (χ0) is 19.1. The van der Waals surface area contributed by atoms with Crippen molar-refractivity contribution in [1.82, 2.24) is 25.0 Å². The van der Waals surface area contributed by atoms with Crippen molar-refractivity contribution in [3.05, 3.63) is 71.7 Å². The third-order valence-electron chi connectivity index (χ3n) is 6.03. The zero-order valence-electron chi connectivity index (χ0n) is 15.8. The number of likely N-dealkylation sites (tertiary alicyclic amines) is 2. The van der Waals surface area contributed by atoms with Crippen LogP contribution in [0.25, 0.3) is 0 Å². The van der Waals surface area contributed by atoms with Gasteiger partial charge in [-0.2, -0.15) is 5.10 Å². The second-order valence-electron chi connectivity index (χ2n) is 7.95. The molecular weight excluding hydrogens is 354 g/mol. The maximum Gasteiger partial charge on any atom is 0.257 e. The first-order chi connectivity index (χ1) is 13.6. The van der Waals surface area contributed by atoms with E-state index in [-0.39, 0.29) is 11.3 Å². The van der Waals surface area contributed by atoms with Gasteiger partial charge in [-0.1, -0.05) is 30.3 Å². The highest BCUT2D eigenvalue weighted by Gasteiger charge is 2.56. The molecule has 2 saturated heterocycles. The Morgan fingerprint density at radius 2 is 2.11 bits per heavy atom. The summed E-state index contributed by atoms with van der Waals surface area (Å²) in [5.74, 6) is 1.96. The van der Waals surface area contributed by atoms with Crippen LogP contribution in [0, 0.1) is 12.8 Å². The molecule has 3 aromatic rings. The van der Waals surface area contributed by atoms with Gasteiger partial charge in [-0.05, 0) is 18.6 Å². The number of rotatable bonds is 4. The van der Waals surface area contributed by atoms with Crippen LogP contribution >= 0.6 is 0 Å². The smallest absolute Gasteiger partial charge is 0.257 e. The van der Waals surface area contributed by atoms with Crippen molar-refractivity contribution in [3.63, 3.8) is 0 Å². The molecule has 2 atom stereocenters. The molecule has 2 aromatic heterocycles. The highest BCUT2D eigenvalue weighted by atomic mass is 16.3. The highest BCUT2D eigenvalue weighted by molar-refractivity contribution is 5.94. The van der Waals surface area contributed by atoms with Gasteiger partial charge in [-0.25, -0.2) is 4.98 Å². The van der Waals surface area contributed by atoms with Crippen LogP contribution in [0.2, 0.25) is 0 Å². The topological polar surface area (TPSA) is 78.3 Å². The summed E-state index contributed by atoms with van der Waals surface area (Å²) in [6, 6.07) is 12.2. The summed E-state index contributed by atoms with van der Waals surface area (Å²) in [6.07, 6.45) is 3.06. The number of aryl methyl sites for hydroxylation is 1. The van der Waals surface area contributed by atoms with Gasteiger partial charge in [0, 0.05) is 38.6 Å². The van der Waals surface area contributed by atoms with E-state index in [0.717, 1.165) is 31.3 Å². The quantitative estimate of drug-likeness (QED) is 0.754. The lowest BCUT2D eigenvalue weighted by Gasteiger charge is -2.26. The molecule has 7 heteroatoms. The molecule has 1 N–H and O–H groups in total. The number of amides is 1. The predicted octanol–water partition coefficient (Wildman–Crippen LogP) is 2.23. The van der Waals surface area contributed by atoms with Gasteiger partial charge in [-0.3, -0.25) is 14.8 Å². The Labute approximate surface area is 163 Å². The number of fused-ring (bicyclic) bond motifs is 1. The minimum atomic E-state index is -0.237. The van der Waals surface area contributed by atoms with Crippen LogP contribution in [0.1, 0.15) is 27.6 Å². The van der Waals surface area contributed by atoms with Crippen molar-refractivity contribution in [1.29, 1.82) is 0 Å². The summed E-state index contributed by atoms with van der Waals surface area (Å²) in [6.45, 7) is 5.93. The molecule has 0 spiro atoms. The fourth-order valence-electron chi connectivity index (χ4n) is 4.74. The number of carbonyl (C=O) groups is 1. The summed E-state index contributed by atoms with van der Waals surface area (Å²) < 4.78 is 5.10. The Bertz CT molecular complexity index is 968. The number of aromatic nitrogens is 3. The third kappa shape index (κ3) is 2.82. The van der Waals surface area contributed by atoms with Crippen LogP contribution in [0.5, 0.6) is 0 Å². The first kappa shape index (κ1) is 17.2. The first-order valence-electron chi connectivity index (χ1n) is 9.61. The first-order valence-corrected chi connectivity index (χ1v) is 9.61. The van der Waals surface area contributed by atoms with Crippen LogP contribution in [0.15, 0.2) is 53.3 Å². The molecule has 144 valence electrons. The van der Waals surface area contributed by atoms with E-state index in [1.165, 1.54) is 11.8 Å². The largest absolute Gasteiger partial charge is 0.472 e. The summed E-state index contributed by atoms with van der Waals surface area (Å²) >= 11 is 0. The molecule has 0 aliphatic carbocycles. The average Bonchev–Trinajstić information content (AvgIpc) is 3.45. The molecule has 2 fully saturated rings. The van der Waals surface area contributed by atoms with Crippen LogP contribution in [-0.2, 0) is 12.0 Å². The lowest BCUT2D eigenvalue weighted by Crippen LogP contribution is -2.40. The second kappa shape index (κ2) is 6.60. The third-order valence-corrected chi connectivity index (χ3v) is 6.03. The predicted molar refractivity (Wildman–Crippen MR) is 103 cm³/mol. The van der Waals surface area contributed by atoms with Crippen LogP contribution < -0.4 is 0 Å². The molecule has 0 saturated carbocycles. The number of aromatic amines is 1. The number of nitrogens with one attached hydrogen (secondary N) is 1. The highest BCUT2D eigenvalue weighted by Crippen LogP contribution is 2.44. The van der Waals surface area contributed by atoms with Crippen molar-refractivity contribution in [3.8, 4) is 0 Å². The summed E-state index contributed by atoms with van der Waals surface area (Å²) in [5.41, 5.74) is 1.66. The van der Waals surface area contributed by atoms with Gasteiger partial charge in [0.25, 0.3) is 5.91 Å². The fourth-order valence-corrected chi connectivity index (χ4v) is 4.74. The van der Waals surface area contributed by atoms with Crippen molar-refractivity contribution in [2.75, 3.05) is 26.2 Å². The van der Waals surface area contributed by atoms with E-state index in [1.54, 1.807) is 12.3 Å². The average molecular weight is 377 g/mol. The molecule has 0 unspecified atom stereocenters. The minimum Gasteiger partial charge on any atom is -0.472 e. The molecule has 0 radical (unpaired) electrons. The van der Waals surface area contributed by atoms with Gasteiger partial charge >= 0.3 is 0 Å². The van der Waals surface area contributed by atoms with E-state index in [1.807, 2.05) is 17.9 Å². The molecule has 5 rings (SSSR count). The number of carbonyl (C=O) groups excluding carboxylic acids is 1. The van der Waals surface area contributed by atoms with Crippen LogP contribution in [0.4, 0.5) is 0 Å². The van der Waals surface area contributed by atoms with E-state index in [0.29, 0.717) is 24.6 Å². The van der Waals surface area contributed by atoms with E-state index in [2.05, 4.69) is 44.3 Å². The molecule has 1 aromatic carbocycles. The van der Waals surface area contributed by atoms with E-state index in [9.17, 15) is 4.79 Å². The number of hydrogen-bond acceptors (Lipinski definition) is 5. The monoisotopic (exact) mass is 377 g/mol. The molecule has 28 heavy (non-hydrogen) atoms. The molecule has 4 heterocycles. The summed E-state index contributed by atoms with van der Waals surface area (Å²) in [4.78, 5) is 22.0. The number of nitrogens with zero attached hydrogens (tertiary/aromatic N) is 4. The Hall–Kier alpha value is -2.93. The van der Waals surface area contributed by atoms with E-state index >= 15 is 0 Å². The van der Waals surface area contributed by atoms with Gasteiger partial charge in [0.05, 0.1) is 17.2 Å². The molecule has 2 aliphatic rings. The normalized spacial score (nSPS) is 24.6. The lowest BCUT2D eigenvalue weighted by molar-refractivity contribution is 0.0768. The zero-order valence-corrected chi connectivity index (χ0v) is 15.8. The van der Waals surface area contributed by atoms with Crippen LogP contribution in [-0.4, -0.2) is 57.1 Å². The van der Waals surface area contributed by atoms with E-state index in [4.69, 9.17) is 4.42 Å². The molecular formula is C21H23N5O2.